The van der Waals surface area contributed by atoms with E-state index in [-0.39, 0.29) is 24.0 Å². The Kier molecular flexibility index (Phi) is 5.86. The Morgan fingerprint density at radius 1 is 1.20 bits per heavy atom. The lowest BCUT2D eigenvalue weighted by Crippen LogP contribution is -2.32. The molecule has 2 atom stereocenters. The fraction of sp³-hybridized carbons (Fsp3) is 0.348. The van der Waals surface area contributed by atoms with Crippen molar-refractivity contribution in [2.75, 3.05) is 34.4 Å². The summed E-state index contributed by atoms with van der Waals surface area (Å²) in [6.45, 7) is 0.840. The fourth-order valence-corrected chi connectivity index (χ4v) is 4.86. The minimum atomic E-state index is -0.186. The zero-order valence-electron chi connectivity index (χ0n) is 17.1. The van der Waals surface area contributed by atoms with E-state index >= 15 is 0 Å². The van der Waals surface area contributed by atoms with Crippen LogP contribution in [0, 0.1) is 0 Å². The van der Waals surface area contributed by atoms with E-state index < -0.39 is 0 Å². The number of aliphatic hydroxyl groups is 1. The highest BCUT2D eigenvalue weighted by atomic mass is 79.9. The molecular weight excluding hydrogens is 450 g/mol. The molecule has 0 unspecified atom stereocenters. The summed E-state index contributed by atoms with van der Waals surface area (Å²) in [5.74, 6) is 1.42. The van der Waals surface area contributed by atoms with Gasteiger partial charge in [-0.25, -0.2) is 0 Å². The molecule has 1 aromatic heterocycles. The van der Waals surface area contributed by atoms with E-state index in [1.54, 1.807) is 13.2 Å². The van der Waals surface area contributed by atoms with Crippen LogP contribution in [0.3, 0.4) is 0 Å². The van der Waals surface area contributed by atoms with Gasteiger partial charge >= 0.3 is 0 Å². The molecule has 2 heterocycles. The van der Waals surface area contributed by atoms with Gasteiger partial charge in [0, 0.05) is 39.7 Å². The maximum absolute atomic E-state index is 13.2. The van der Waals surface area contributed by atoms with Gasteiger partial charge in [-0.15, -0.1) is 0 Å². The molecule has 158 valence electrons. The second kappa shape index (κ2) is 8.41. The number of likely N-dealkylation sites (N-methyl/N-ethyl adjacent to an activating group) is 1. The minimum Gasteiger partial charge on any atom is -0.496 e. The van der Waals surface area contributed by atoms with Gasteiger partial charge in [-0.2, -0.15) is 0 Å². The highest BCUT2D eigenvalue weighted by molar-refractivity contribution is 9.10. The SMILES string of the molecule is COc1cc(OC)c2c(=O)cc(-c3ccccc3Br)oc2c1[C@@H]1CCN(C)[C@H]1CO. The fourth-order valence-electron chi connectivity index (χ4n) is 4.38. The molecule has 1 saturated heterocycles. The van der Waals surface area contributed by atoms with Gasteiger partial charge in [0.15, 0.2) is 5.43 Å². The molecule has 1 N–H and O–H groups in total. The van der Waals surface area contributed by atoms with E-state index in [2.05, 4.69) is 20.8 Å². The Balaban J connectivity index is 2.07. The van der Waals surface area contributed by atoms with Crippen LogP contribution in [0.4, 0.5) is 0 Å². The quantitative estimate of drug-likeness (QED) is 0.603. The molecule has 1 fully saturated rings. The van der Waals surface area contributed by atoms with Gasteiger partial charge in [0.2, 0.25) is 0 Å². The van der Waals surface area contributed by atoms with Crippen LogP contribution in [0.25, 0.3) is 22.3 Å². The summed E-state index contributed by atoms with van der Waals surface area (Å²) in [6.07, 6.45) is 0.822. The average molecular weight is 474 g/mol. The van der Waals surface area contributed by atoms with Gasteiger partial charge in [0.1, 0.15) is 28.2 Å². The smallest absolute Gasteiger partial charge is 0.197 e. The summed E-state index contributed by atoms with van der Waals surface area (Å²) in [7, 11) is 5.10. The Morgan fingerprint density at radius 2 is 1.93 bits per heavy atom. The second-order valence-corrected chi connectivity index (χ2v) is 8.33. The summed E-state index contributed by atoms with van der Waals surface area (Å²) in [5, 5.41) is 10.4. The molecule has 0 bridgehead atoms. The maximum Gasteiger partial charge on any atom is 0.197 e. The second-order valence-electron chi connectivity index (χ2n) is 7.48. The number of fused-ring (bicyclic) bond motifs is 1. The van der Waals surface area contributed by atoms with Crippen LogP contribution in [0.5, 0.6) is 11.5 Å². The van der Waals surface area contributed by atoms with Crippen molar-refractivity contribution in [2.24, 2.45) is 0 Å². The summed E-state index contributed by atoms with van der Waals surface area (Å²) >= 11 is 3.54. The maximum atomic E-state index is 13.2. The number of rotatable bonds is 5. The van der Waals surface area contributed by atoms with E-state index in [1.807, 2.05) is 31.3 Å². The van der Waals surface area contributed by atoms with E-state index in [0.717, 1.165) is 28.6 Å². The van der Waals surface area contributed by atoms with Crippen LogP contribution >= 0.6 is 15.9 Å². The zero-order valence-corrected chi connectivity index (χ0v) is 18.7. The normalized spacial score (nSPS) is 19.4. The first-order valence-corrected chi connectivity index (χ1v) is 10.6. The monoisotopic (exact) mass is 473 g/mol. The highest BCUT2D eigenvalue weighted by Gasteiger charge is 2.37. The molecule has 0 saturated carbocycles. The van der Waals surface area contributed by atoms with Crippen molar-refractivity contribution in [3.8, 4) is 22.8 Å². The number of hydrogen-bond donors (Lipinski definition) is 1. The molecule has 0 amide bonds. The molecule has 30 heavy (non-hydrogen) atoms. The molecule has 1 aliphatic heterocycles. The Labute approximate surface area is 183 Å². The predicted molar refractivity (Wildman–Crippen MR) is 120 cm³/mol. The molecular formula is C23H24BrNO5. The average Bonchev–Trinajstić information content (AvgIpc) is 3.12. The molecule has 0 spiro atoms. The molecule has 4 rings (SSSR count). The van der Waals surface area contributed by atoms with Crippen molar-refractivity contribution in [3.05, 3.63) is 56.7 Å². The predicted octanol–water partition coefficient (Wildman–Crippen LogP) is 4.02. The lowest BCUT2D eigenvalue weighted by molar-refractivity contribution is 0.171. The topological polar surface area (TPSA) is 72.1 Å². The third kappa shape index (κ3) is 3.41. The highest BCUT2D eigenvalue weighted by Crippen LogP contribution is 2.45. The van der Waals surface area contributed by atoms with Crippen molar-refractivity contribution in [1.29, 1.82) is 0 Å². The van der Waals surface area contributed by atoms with E-state index in [9.17, 15) is 9.90 Å². The number of likely N-dealkylation sites (tertiary alicyclic amines) is 1. The molecule has 0 radical (unpaired) electrons. The van der Waals surface area contributed by atoms with Gasteiger partial charge in [-0.3, -0.25) is 4.79 Å². The van der Waals surface area contributed by atoms with Crippen molar-refractivity contribution >= 4 is 26.9 Å². The minimum absolute atomic E-state index is 0.00595. The van der Waals surface area contributed by atoms with Crippen molar-refractivity contribution < 1.29 is 19.0 Å². The van der Waals surface area contributed by atoms with Crippen molar-refractivity contribution in [2.45, 2.75) is 18.4 Å². The Morgan fingerprint density at radius 3 is 2.60 bits per heavy atom. The lowest BCUT2D eigenvalue weighted by Gasteiger charge is -2.25. The van der Waals surface area contributed by atoms with Crippen LogP contribution in [0.2, 0.25) is 0 Å². The Bertz CT molecular complexity index is 1140. The first-order chi connectivity index (χ1) is 14.5. The van der Waals surface area contributed by atoms with Gasteiger partial charge in [0.25, 0.3) is 0 Å². The number of hydrogen-bond acceptors (Lipinski definition) is 6. The number of halogens is 1. The van der Waals surface area contributed by atoms with Crippen LogP contribution < -0.4 is 14.9 Å². The summed E-state index contributed by atoms with van der Waals surface area (Å²) in [5.41, 5.74) is 1.84. The Hall–Kier alpha value is -2.35. The summed E-state index contributed by atoms with van der Waals surface area (Å²) in [4.78, 5) is 15.3. The van der Waals surface area contributed by atoms with E-state index in [0.29, 0.717) is 28.2 Å². The summed E-state index contributed by atoms with van der Waals surface area (Å²) in [6, 6.07) is 10.7. The van der Waals surface area contributed by atoms with Gasteiger partial charge < -0.3 is 23.9 Å². The molecule has 2 aromatic carbocycles. The molecule has 1 aliphatic rings. The molecule has 0 aliphatic carbocycles. The number of ether oxygens (including phenoxy) is 2. The van der Waals surface area contributed by atoms with Gasteiger partial charge in [-0.05, 0) is 26.1 Å². The third-order valence-corrected chi connectivity index (χ3v) is 6.62. The van der Waals surface area contributed by atoms with Crippen LogP contribution in [-0.2, 0) is 0 Å². The van der Waals surface area contributed by atoms with E-state index in [1.165, 1.54) is 13.2 Å². The first kappa shape index (κ1) is 20.9. The number of benzene rings is 2. The van der Waals surface area contributed by atoms with Gasteiger partial charge in [-0.1, -0.05) is 34.1 Å². The number of methoxy groups -OCH3 is 2. The summed E-state index contributed by atoms with van der Waals surface area (Å²) < 4.78 is 18.4. The number of nitrogens with zero attached hydrogens (tertiary/aromatic N) is 1. The van der Waals surface area contributed by atoms with Crippen LogP contribution in [-0.4, -0.2) is 50.5 Å². The van der Waals surface area contributed by atoms with Crippen molar-refractivity contribution in [3.63, 3.8) is 0 Å². The lowest BCUT2D eigenvalue weighted by atomic mass is 9.89. The van der Waals surface area contributed by atoms with Crippen molar-refractivity contribution in [1.82, 2.24) is 4.90 Å². The van der Waals surface area contributed by atoms with E-state index in [4.69, 9.17) is 13.9 Å². The van der Waals surface area contributed by atoms with Crippen LogP contribution in [0.1, 0.15) is 17.9 Å². The van der Waals surface area contributed by atoms with Gasteiger partial charge in [0.05, 0.1) is 20.8 Å². The standard InChI is InChI=1S/C23H24BrNO5/c1-25-9-8-14(16(25)12-26)21-19(28-2)11-20(29-3)22-17(27)10-18(30-23(21)22)13-6-4-5-7-15(13)24/h4-7,10-11,14,16,26H,8-9,12H2,1-3H3/t14-,16+/m1/s1. The molecule has 6 nitrogen and oxygen atoms in total. The number of aliphatic hydroxyl groups excluding tert-OH is 1. The molecule has 3 aromatic rings. The molecule has 7 heteroatoms. The largest absolute Gasteiger partial charge is 0.496 e. The zero-order chi connectivity index (χ0) is 21.4. The first-order valence-electron chi connectivity index (χ1n) is 9.78. The third-order valence-electron chi connectivity index (χ3n) is 5.93. The van der Waals surface area contributed by atoms with Crippen LogP contribution in [0.15, 0.2) is 50.1 Å².